The molecule has 4 rings (SSSR count). The van der Waals surface area contributed by atoms with Crippen LogP contribution in [0.1, 0.15) is 22.1 Å². The largest absolute Gasteiger partial charge is 0.442 e. The number of hydrogen-bond acceptors (Lipinski definition) is 6. The number of thiophene rings is 1. The molecule has 1 atom stereocenters. The van der Waals surface area contributed by atoms with Crippen LogP contribution in [0.4, 0.5) is 0 Å². The molecule has 1 unspecified atom stereocenters. The molecule has 0 saturated carbocycles. The number of benzene rings is 1. The van der Waals surface area contributed by atoms with Crippen LogP contribution in [0.2, 0.25) is 0 Å². The topological polar surface area (TPSA) is 79.8 Å². The standard InChI is InChI=1S/C19H11N3O2S/c20-10-13(15-8-7-12-4-1-2-5-14(12)22-15)18(23)17-19(24-11-21-17)16-6-3-9-25-16/h1-9,11,13H. The third-order valence-electron chi connectivity index (χ3n) is 3.85. The molecule has 120 valence electrons. The first kappa shape index (κ1) is 15.2. The van der Waals surface area contributed by atoms with E-state index in [4.69, 9.17) is 4.42 Å². The van der Waals surface area contributed by atoms with E-state index in [0.717, 1.165) is 15.8 Å². The van der Waals surface area contributed by atoms with Crippen molar-refractivity contribution in [1.29, 1.82) is 5.26 Å². The highest BCUT2D eigenvalue weighted by Crippen LogP contribution is 2.31. The minimum atomic E-state index is -1.03. The molecule has 3 aromatic heterocycles. The van der Waals surface area contributed by atoms with Gasteiger partial charge in [-0.2, -0.15) is 5.26 Å². The maximum Gasteiger partial charge on any atom is 0.208 e. The first-order valence-corrected chi connectivity index (χ1v) is 8.43. The maximum absolute atomic E-state index is 12.9. The first-order chi connectivity index (χ1) is 12.3. The highest BCUT2D eigenvalue weighted by Gasteiger charge is 2.29. The molecule has 0 aliphatic heterocycles. The number of ketones is 1. The molecular weight excluding hydrogens is 334 g/mol. The molecule has 4 aromatic rings. The summed E-state index contributed by atoms with van der Waals surface area (Å²) in [6.07, 6.45) is 1.23. The number of nitrogens with zero attached hydrogens (tertiary/aromatic N) is 3. The lowest BCUT2D eigenvalue weighted by molar-refractivity contribution is 0.0973. The van der Waals surface area contributed by atoms with E-state index >= 15 is 0 Å². The van der Waals surface area contributed by atoms with Crippen molar-refractivity contribution in [3.63, 3.8) is 0 Å². The minimum Gasteiger partial charge on any atom is -0.442 e. The van der Waals surface area contributed by atoms with Crippen molar-refractivity contribution < 1.29 is 9.21 Å². The second-order valence-electron chi connectivity index (χ2n) is 5.36. The number of Topliss-reactive ketones (excluding diaryl/α,β-unsaturated/α-hetero) is 1. The normalized spacial score (nSPS) is 12.0. The Kier molecular flexibility index (Phi) is 3.84. The van der Waals surface area contributed by atoms with Crippen LogP contribution in [0.5, 0.6) is 0 Å². The maximum atomic E-state index is 12.9. The molecule has 0 bridgehead atoms. The number of para-hydroxylation sites is 1. The van der Waals surface area contributed by atoms with Crippen LogP contribution in [-0.4, -0.2) is 15.8 Å². The quantitative estimate of drug-likeness (QED) is 0.511. The molecule has 0 aliphatic rings. The summed E-state index contributed by atoms with van der Waals surface area (Å²) in [6, 6.07) is 16.9. The molecule has 0 amide bonds. The number of carbonyl (C=O) groups excluding carboxylic acids is 1. The molecule has 0 radical (unpaired) electrons. The van der Waals surface area contributed by atoms with E-state index in [1.165, 1.54) is 17.7 Å². The fraction of sp³-hybridized carbons (Fsp3) is 0.0526. The van der Waals surface area contributed by atoms with Gasteiger partial charge in [-0.1, -0.05) is 30.3 Å². The van der Waals surface area contributed by atoms with Gasteiger partial charge in [0, 0.05) is 5.39 Å². The fourth-order valence-corrected chi connectivity index (χ4v) is 3.36. The van der Waals surface area contributed by atoms with Gasteiger partial charge in [-0.25, -0.2) is 4.98 Å². The van der Waals surface area contributed by atoms with Gasteiger partial charge in [0.2, 0.25) is 5.78 Å². The first-order valence-electron chi connectivity index (χ1n) is 7.55. The number of oxazole rings is 1. The van der Waals surface area contributed by atoms with E-state index in [-0.39, 0.29) is 5.69 Å². The number of aromatic nitrogens is 2. The molecule has 0 N–H and O–H groups in total. The number of nitriles is 1. The summed E-state index contributed by atoms with van der Waals surface area (Å²) in [7, 11) is 0. The highest BCUT2D eigenvalue weighted by molar-refractivity contribution is 7.13. The summed E-state index contributed by atoms with van der Waals surface area (Å²) in [5, 5.41) is 12.4. The molecule has 0 aliphatic carbocycles. The Labute approximate surface area is 147 Å². The van der Waals surface area contributed by atoms with Crippen LogP contribution in [-0.2, 0) is 0 Å². The second-order valence-corrected chi connectivity index (χ2v) is 6.31. The summed E-state index contributed by atoms with van der Waals surface area (Å²) >= 11 is 1.44. The third-order valence-corrected chi connectivity index (χ3v) is 4.72. The fourth-order valence-electron chi connectivity index (χ4n) is 2.64. The average Bonchev–Trinajstić information content (AvgIpc) is 3.33. The van der Waals surface area contributed by atoms with Crippen molar-refractivity contribution >= 4 is 28.0 Å². The van der Waals surface area contributed by atoms with E-state index < -0.39 is 11.7 Å². The monoisotopic (exact) mass is 345 g/mol. The number of pyridine rings is 1. The van der Waals surface area contributed by atoms with E-state index in [9.17, 15) is 10.1 Å². The number of hydrogen-bond donors (Lipinski definition) is 0. The van der Waals surface area contributed by atoms with Gasteiger partial charge < -0.3 is 4.42 Å². The molecule has 0 spiro atoms. The van der Waals surface area contributed by atoms with Crippen molar-refractivity contribution in [2.75, 3.05) is 0 Å². The van der Waals surface area contributed by atoms with Crippen LogP contribution >= 0.6 is 11.3 Å². The number of carbonyl (C=O) groups is 1. The summed E-state index contributed by atoms with van der Waals surface area (Å²) < 4.78 is 5.38. The van der Waals surface area contributed by atoms with Gasteiger partial charge in [-0.15, -0.1) is 11.3 Å². The summed E-state index contributed by atoms with van der Waals surface area (Å²) in [5.74, 6) is -1.06. The summed E-state index contributed by atoms with van der Waals surface area (Å²) in [5.41, 5.74) is 1.31. The van der Waals surface area contributed by atoms with Crippen molar-refractivity contribution in [1.82, 2.24) is 9.97 Å². The van der Waals surface area contributed by atoms with E-state index in [1.54, 1.807) is 6.07 Å². The van der Waals surface area contributed by atoms with Gasteiger partial charge in [0.1, 0.15) is 0 Å². The van der Waals surface area contributed by atoms with Crippen LogP contribution in [0.25, 0.3) is 21.5 Å². The predicted molar refractivity (Wildman–Crippen MR) is 94.2 cm³/mol. The number of rotatable bonds is 4. The van der Waals surface area contributed by atoms with Crippen LogP contribution in [0, 0.1) is 11.3 Å². The van der Waals surface area contributed by atoms with Gasteiger partial charge in [0.05, 0.1) is 22.2 Å². The predicted octanol–water partition coefficient (Wildman–Crippen LogP) is 4.44. The van der Waals surface area contributed by atoms with Crippen LogP contribution in [0.3, 0.4) is 0 Å². The molecule has 5 nitrogen and oxygen atoms in total. The van der Waals surface area contributed by atoms with Crippen LogP contribution < -0.4 is 0 Å². The molecule has 0 fully saturated rings. The van der Waals surface area contributed by atoms with Crippen molar-refractivity contribution in [2.24, 2.45) is 0 Å². The highest BCUT2D eigenvalue weighted by atomic mass is 32.1. The summed E-state index contributed by atoms with van der Waals surface area (Å²) in [6.45, 7) is 0. The third kappa shape index (κ3) is 2.71. The van der Waals surface area contributed by atoms with Crippen LogP contribution in [0.15, 0.2) is 64.7 Å². The second kappa shape index (κ2) is 6.30. The molecule has 0 saturated heterocycles. The average molecular weight is 345 g/mol. The molecule has 1 aromatic carbocycles. The Bertz CT molecular complexity index is 1090. The molecular formula is C19H11N3O2S. The Morgan fingerprint density at radius 3 is 2.84 bits per heavy atom. The zero-order chi connectivity index (χ0) is 17.2. The molecule has 6 heteroatoms. The Balaban J connectivity index is 1.75. The van der Waals surface area contributed by atoms with Gasteiger partial charge in [0.25, 0.3) is 0 Å². The van der Waals surface area contributed by atoms with Crippen molar-refractivity contribution in [3.8, 4) is 16.7 Å². The van der Waals surface area contributed by atoms with Crippen molar-refractivity contribution in [2.45, 2.75) is 5.92 Å². The summed E-state index contributed by atoms with van der Waals surface area (Å²) in [4.78, 5) is 22.2. The Morgan fingerprint density at radius 1 is 1.16 bits per heavy atom. The van der Waals surface area contributed by atoms with Gasteiger partial charge >= 0.3 is 0 Å². The smallest absolute Gasteiger partial charge is 0.208 e. The lowest BCUT2D eigenvalue weighted by atomic mass is 9.97. The molecule has 3 heterocycles. The minimum absolute atomic E-state index is 0.156. The zero-order valence-electron chi connectivity index (χ0n) is 12.9. The van der Waals surface area contributed by atoms with Gasteiger partial charge in [-0.3, -0.25) is 9.78 Å². The van der Waals surface area contributed by atoms with Crippen molar-refractivity contribution in [3.05, 3.63) is 71.7 Å². The lowest BCUT2D eigenvalue weighted by Gasteiger charge is -2.08. The Hall–Kier alpha value is -3.30. The van der Waals surface area contributed by atoms with E-state index in [2.05, 4.69) is 16.0 Å². The van der Waals surface area contributed by atoms with Gasteiger partial charge in [-0.05, 0) is 23.6 Å². The van der Waals surface area contributed by atoms with E-state index in [0.29, 0.717) is 11.5 Å². The lowest BCUT2D eigenvalue weighted by Crippen LogP contribution is -2.14. The molecule has 25 heavy (non-hydrogen) atoms. The van der Waals surface area contributed by atoms with E-state index in [1.807, 2.05) is 47.8 Å². The SMILES string of the molecule is N#CC(C(=O)c1ncoc1-c1cccs1)c1ccc2ccccc2n1. The Morgan fingerprint density at radius 2 is 2.04 bits per heavy atom. The zero-order valence-corrected chi connectivity index (χ0v) is 13.7. The number of fused-ring (bicyclic) bond motifs is 1. The van der Waals surface area contributed by atoms with Gasteiger partial charge in [0.15, 0.2) is 23.8 Å².